The van der Waals surface area contributed by atoms with Crippen molar-refractivity contribution in [1.82, 2.24) is 8.94 Å². The van der Waals surface area contributed by atoms with Crippen molar-refractivity contribution in [3.63, 3.8) is 0 Å². The average Bonchev–Trinajstić information content (AvgIpc) is 2.94. The second-order valence-electron chi connectivity index (χ2n) is 5.92. The van der Waals surface area contributed by atoms with Crippen LogP contribution in [0.2, 0.25) is 0 Å². The third kappa shape index (κ3) is 3.57. The molecule has 1 N–H and O–H groups in total. The molecular weight excluding hydrogens is 318 g/mol. The van der Waals surface area contributed by atoms with Gasteiger partial charge < -0.3 is 5.32 Å². The number of anilines is 1. The van der Waals surface area contributed by atoms with Crippen LogP contribution in [-0.4, -0.2) is 15.5 Å². The average molecular weight is 339 g/mol. The van der Waals surface area contributed by atoms with E-state index in [1.165, 1.54) is 17.1 Å². The van der Waals surface area contributed by atoms with Crippen LogP contribution in [0.3, 0.4) is 0 Å². The number of rotatable bonds is 6. The molecule has 0 fully saturated rings. The molecular formula is C19H21N3OS. The first-order valence-electron chi connectivity index (χ1n) is 8.11. The van der Waals surface area contributed by atoms with E-state index in [2.05, 4.69) is 10.3 Å². The Morgan fingerprint density at radius 1 is 1.12 bits per heavy atom. The van der Waals surface area contributed by atoms with Gasteiger partial charge in [-0.2, -0.15) is 0 Å². The van der Waals surface area contributed by atoms with Crippen molar-refractivity contribution in [1.29, 1.82) is 0 Å². The van der Waals surface area contributed by atoms with Gasteiger partial charge in [0, 0.05) is 25.0 Å². The van der Waals surface area contributed by atoms with E-state index >= 15 is 0 Å². The molecule has 4 nitrogen and oxygen atoms in total. The summed E-state index contributed by atoms with van der Waals surface area (Å²) in [7, 11) is 0. The van der Waals surface area contributed by atoms with Crippen molar-refractivity contribution in [2.45, 2.75) is 26.3 Å². The zero-order chi connectivity index (χ0) is 16.9. The lowest BCUT2D eigenvalue weighted by Gasteiger charge is -2.06. The maximum Gasteiger partial charge on any atom is 0.284 e. The second kappa shape index (κ2) is 7.45. The van der Waals surface area contributed by atoms with Crippen LogP contribution < -0.4 is 10.9 Å². The molecule has 3 rings (SSSR count). The van der Waals surface area contributed by atoms with Crippen LogP contribution in [0, 0.1) is 0 Å². The van der Waals surface area contributed by atoms with E-state index in [1.54, 1.807) is 12.4 Å². The number of hydrogen-bond acceptors (Lipinski definition) is 4. The van der Waals surface area contributed by atoms with Gasteiger partial charge in [-0.1, -0.05) is 41.9 Å². The van der Waals surface area contributed by atoms with Crippen LogP contribution >= 0.6 is 11.5 Å². The monoisotopic (exact) mass is 339 g/mol. The minimum Gasteiger partial charge on any atom is -0.379 e. The highest BCUT2D eigenvalue weighted by atomic mass is 32.1. The van der Waals surface area contributed by atoms with E-state index in [-0.39, 0.29) is 11.6 Å². The van der Waals surface area contributed by atoms with E-state index in [0.717, 1.165) is 16.9 Å². The zero-order valence-electron chi connectivity index (χ0n) is 13.9. The molecule has 0 radical (unpaired) electrons. The summed E-state index contributed by atoms with van der Waals surface area (Å²) in [6.07, 6.45) is 4.44. The third-order valence-electron chi connectivity index (χ3n) is 3.80. The predicted molar refractivity (Wildman–Crippen MR) is 101 cm³/mol. The molecule has 1 aromatic carbocycles. The molecule has 2 heterocycles. The predicted octanol–water partition coefficient (Wildman–Crippen LogP) is 4.21. The molecule has 24 heavy (non-hydrogen) atoms. The summed E-state index contributed by atoms with van der Waals surface area (Å²) in [6.45, 7) is 4.79. The number of aromatic nitrogens is 2. The van der Waals surface area contributed by atoms with E-state index < -0.39 is 0 Å². The van der Waals surface area contributed by atoms with E-state index in [9.17, 15) is 4.79 Å². The zero-order valence-corrected chi connectivity index (χ0v) is 14.7. The Labute approximate surface area is 146 Å². The number of nitrogens with one attached hydrogen (secondary N) is 1. The highest BCUT2D eigenvalue weighted by Gasteiger charge is 2.17. The van der Waals surface area contributed by atoms with Crippen molar-refractivity contribution < 1.29 is 0 Å². The van der Waals surface area contributed by atoms with Crippen molar-refractivity contribution in [2.75, 3.05) is 11.9 Å². The summed E-state index contributed by atoms with van der Waals surface area (Å²) >= 11 is 1.53. The molecule has 0 amide bonds. The van der Waals surface area contributed by atoms with E-state index in [1.807, 2.05) is 60.3 Å². The SMILES string of the molecule is CC(C)n1sc(-c2ccccc2)c(NCCc2ccncc2)c1=O. The molecule has 0 spiro atoms. The van der Waals surface area contributed by atoms with Crippen LogP contribution in [0.5, 0.6) is 0 Å². The smallest absolute Gasteiger partial charge is 0.284 e. The van der Waals surface area contributed by atoms with Gasteiger partial charge in [-0.25, -0.2) is 0 Å². The molecule has 0 unspecified atom stereocenters. The Hall–Kier alpha value is -2.40. The number of nitrogens with zero attached hydrogens (tertiary/aromatic N) is 2. The van der Waals surface area contributed by atoms with Crippen LogP contribution in [0.25, 0.3) is 10.4 Å². The van der Waals surface area contributed by atoms with Crippen LogP contribution in [0.15, 0.2) is 59.7 Å². The van der Waals surface area contributed by atoms with Crippen molar-refractivity contribution in [3.05, 3.63) is 70.8 Å². The fourth-order valence-electron chi connectivity index (χ4n) is 2.56. The fraction of sp³-hybridized carbons (Fsp3) is 0.263. The summed E-state index contributed by atoms with van der Waals surface area (Å²) in [5, 5.41) is 3.36. The molecule has 2 aromatic heterocycles. The maximum atomic E-state index is 12.7. The molecule has 0 aliphatic heterocycles. The Bertz CT molecular complexity index is 838. The van der Waals surface area contributed by atoms with Gasteiger partial charge >= 0.3 is 0 Å². The van der Waals surface area contributed by atoms with Gasteiger partial charge in [-0.15, -0.1) is 0 Å². The first kappa shape index (κ1) is 16.5. The van der Waals surface area contributed by atoms with Crippen molar-refractivity contribution in [3.8, 4) is 10.4 Å². The van der Waals surface area contributed by atoms with Crippen LogP contribution in [-0.2, 0) is 6.42 Å². The quantitative estimate of drug-likeness (QED) is 0.732. The van der Waals surface area contributed by atoms with Crippen LogP contribution in [0.4, 0.5) is 5.69 Å². The van der Waals surface area contributed by atoms with Gasteiger partial charge in [-0.05, 0) is 43.5 Å². The molecule has 0 aliphatic rings. The second-order valence-corrected chi connectivity index (χ2v) is 6.90. The standard InChI is InChI=1S/C19H21N3OS/c1-14(2)22-19(23)17(18(24-22)16-6-4-3-5-7-16)21-13-10-15-8-11-20-12-9-15/h3-9,11-12,14,21H,10,13H2,1-2H3. The number of pyridine rings is 1. The first-order valence-corrected chi connectivity index (χ1v) is 8.88. The molecule has 124 valence electrons. The largest absolute Gasteiger partial charge is 0.379 e. The summed E-state index contributed by atoms with van der Waals surface area (Å²) in [5.74, 6) is 0. The Morgan fingerprint density at radius 3 is 2.50 bits per heavy atom. The fourth-order valence-corrected chi connectivity index (χ4v) is 3.63. The lowest BCUT2D eigenvalue weighted by atomic mass is 10.1. The molecule has 0 bridgehead atoms. The van der Waals surface area contributed by atoms with Crippen LogP contribution in [0.1, 0.15) is 25.5 Å². The Balaban J connectivity index is 1.87. The Kier molecular flexibility index (Phi) is 5.11. The topological polar surface area (TPSA) is 46.9 Å². The molecule has 3 aromatic rings. The molecule has 0 atom stereocenters. The van der Waals surface area contributed by atoms with E-state index in [0.29, 0.717) is 12.2 Å². The number of benzene rings is 1. The summed E-state index contributed by atoms with van der Waals surface area (Å²) in [6, 6.07) is 14.2. The molecule has 5 heteroatoms. The highest BCUT2D eigenvalue weighted by Crippen LogP contribution is 2.31. The van der Waals surface area contributed by atoms with Gasteiger partial charge in [0.1, 0.15) is 5.69 Å². The van der Waals surface area contributed by atoms with Gasteiger partial charge in [0.05, 0.1) is 4.88 Å². The van der Waals surface area contributed by atoms with Gasteiger partial charge in [0.2, 0.25) is 0 Å². The summed E-state index contributed by atoms with van der Waals surface area (Å²) < 4.78 is 1.83. The first-order chi connectivity index (χ1) is 11.7. The van der Waals surface area contributed by atoms with Gasteiger partial charge in [0.15, 0.2) is 0 Å². The minimum atomic E-state index is 0.0589. The molecule has 0 saturated heterocycles. The van der Waals surface area contributed by atoms with Gasteiger partial charge in [-0.3, -0.25) is 13.7 Å². The highest BCUT2D eigenvalue weighted by molar-refractivity contribution is 7.11. The van der Waals surface area contributed by atoms with Crippen molar-refractivity contribution >= 4 is 17.2 Å². The maximum absolute atomic E-state index is 12.7. The normalized spacial score (nSPS) is 11.0. The van der Waals surface area contributed by atoms with E-state index in [4.69, 9.17) is 0 Å². The summed E-state index contributed by atoms with van der Waals surface area (Å²) in [5.41, 5.74) is 3.04. The summed E-state index contributed by atoms with van der Waals surface area (Å²) in [4.78, 5) is 17.8. The minimum absolute atomic E-state index is 0.0589. The third-order valence-corrected chi connectivity index (χ3v) is 5.21. The van der Waals surface area contributed by atoms with Gasteiger partial charge in [0.25, 0.3) is 5.56 Å². The Morgan fingerprint density at radius 2 is 1.83 bits per heavy atom. The lowest BCUT2D eigenvalue weighted by molar-refractivity contribution is 0.634. The van der Waals surface area contributed by atoms with Crippen molar-refractivity contribution in [2.24, 2.45) is 0 Å². The molecule has 0 aliphatic carbocycles. The lowest BCUT2D eigenvalue weighted by Crippen LogP contribution is -2.19. The number of hydrogen-bond donors (Lipinski definition) is 1. The molecule has 0 saturated carbocycles.